The Balaban J connectivity index is 2.04. The second-order valence-electron chi connectivity index (χ2n) is 6.06. The highest BCUT2D eigenvalue weighted by Crippen LogP contribution is 2.45. The molecule has 132 valence electrons. The van der Waals surface area contributed by atoms with Crippen molar-refractivity contribution in [3.63, 3.8) is 0 Å². The van der Waals surface area contributed by atoms with Gasteiger partial charge in [0.05, 0.1) is 24.0 Å². The van der Waals surface area contributed by atoms with E-state index in [1.54, 1.807) is 30.3 Å². The average Bonchev–Trinajstić information content (AvgIpc) is 3.07. The lowest BCUT2D eigenvalue weighted by Crippen LogP contribution is -2.00. The molecule has 29 heavy (non-hydrogen) atoms. The van der Waals surface area contributed by atoms with Gasteiger partial charge in [-0.25, -0.2) is 24.5 Å². The van der Waals surface area contributed by atoms with Crippen LogP contribution in [-0.2, 0) is 0 Å². The monoisotopic (exact) mass is 374 g/mol. The van der Waals surface area contributed by atoms with Gasteiger partial charge in [0.15, 0.2) is 11.4 Å². The minimum absolute atomic E-state index is 0.123. The molecule has 1 aliphatic carbocycles. The Morgan fingerprint density at radius 3 is 2.07 bits per heavy atom. The fourth-order valence-corrected chi connectivity index (χ4v) is 3.24. The predicted octanol–water partition coefficient (Wildman–Crippen LogP) is 4.21. The first-order chi connectivity index (χ1) is 14.1. The molecule has 0 N–H and O–H groups in total. The zero-order chi connectivity index (χ0) is 20.5. The van der Waals surface area contributed by atoms with E-state index in [0.717, 1.165) is 11.1 Å². The maximum Gasteiger partial charge on any atom is 0.271 e. The van der Waals surface area contributed by atoms with Gasteiger partial charge in [0.2, 0.25) is 0 Å². The van der Waals surface area contributed by atoms with Gasteiger partial charge in [-0.05, 0) is 34.9 Å². The average molecular weight is 374 g/mol. The molecule has 0 saturated carbocycles. The standard InChI is InChI=1S/C22H7FN6/c1-27-19(11-26)20-16-8-13(12-2-5-14(23)6-3-12)4-7-15(16)21-22(20)29-18(10-25)17(9-24)28-21/h2-8H/b20-19+. The van der Waals surface area contributed by atoms with Crippen LogP contribution >= 0.6 is 0 Å². The summed E-state index contributed by atoms with van der Waals surface area (Å²) in [6.45, 7) is 7.36. The zero-order valence-corrected chi connectivity index (χ0v) is 14.6. The molecule has 3 aromatic rings. The van der Waals surface area contributed by atoms with E-state index in [1.165, 1.54) is 12.1 Å². The molecule has 4 rings (SSSR count). The lowest BCUT2D eigenvalue weighted by atomic mass is 9.97. The van der Waals surface area contributed by atoms with Crippen molar-refractivity contribution >= 4 is 5.57 Å². The second kappa shape index (κ2) is 6.71. The summed E-state index contributed by atoms with van der Waals surface area (Å²) in [5.41, 5.74) is 3.00. The summed E-state index contributed by atoms with van der Waals surface area (Å²) in [5.74, 6) is -0.357. The van der Waals surface area contributed by atoms with E-state index < -0.39 is 0 Å². The topological polar surface area (TPSA) is 102 Å². The van der Waals surface area contributed by atoms with Crippen LogP contribution in [0, 0.1) is 46.4 Å². The fraction of sp³-hybridized carbons (Fsp3) is 0. The number of rotatable bonds is 1. The number of nitriles is 3. The number of hydrogen-bond donors (Lipinski definition) is 0. The molecule has 1 heterocycles. The first-order valence-electron chi connectivity index (χ1n) is 8.26. The quantitative estimate of drug-likeness (QED) is 0.367. The second-order valence-corrected chi connectivity index (χ2v) is 6.06. The molecule has 1 aliphatic rings. The molecule has 0 atom stereocenters. The normalized spacial score (nSPS) is 12.6. The van der Waals surface area contributed by atoms with Crippen LogP contribution in [0.5, 0.6) is 0 Å². The number of fused-ring (bicyclic) bond motifs is 3. The molecule has 7 heteroatoms. The Bertz CT molecular complexity index is 1370. The van der Waals surface area contributed by atoms with Crippen LogP contribution in [0.25, 0.3) is 32.8 Å². The molecule has 0 amide bonds. The van der Waals surface area contributed by atoms with Crippen molar-refractivity contribution in [2.75, 3.05) is 0 Å². The first kappa shape index (κ1) is 17.6. The molecule has 6 nitrogen and oxygen atoms in total. The molecular formula is C22H7FN6. The molecular weight excluding hydrogens is 367 g/mol. The van der Waals surface area contributed by atoms with Crippen molar-refractivity contribution < 1.29 is 4.39 Å². The van der Waals surface area contributed by atoms with Crippen LogP contribution in [-0.4, -0.2) is 9.97 Å². The minimum Gasteiger partial charge on any atom is -0.233 e. The van der Waals surface area contributed by atoms with E-state index in [-0.39, 0.29) is 34.2 Å². The number of halogens is 1. The summed E-state index contributed by atoms with van der Waals surface area (Å²) in [6.07, 6.45) is 0. The Labute approximate surface area is 164 Å². The molecule has 0 bridgehead atoms. The summed E-state index contributed by atoms with van der Waals surface area (Å²) in [5, 5.41) is 28.0. The van der Waals surface area contributed by atoms with Gasteiger partial charge in [0.25, 0.3) is 5.70 Å². The summed E-state index contributed by atoms with van der Waals surface area (Å²) in [4.78, 5) is 11.8. The Hall–Kier alpha value is -4.85. The largest absolute Gasteiger partial charge is 0.271 e. The molecule has 2 aromatic carbocycles. The number of hydrogen-bond acceptors (Lipinski definition) is 5. The van der Waals surface area contributed by atoms with Crippen molar-refractivity contribution in [3.8, 4) is 40.6 Å². The maximum atomic E-state index is 13.3. The molecule has 0 fully saturated rings. The van der Waals surface area contributed by atoms with Crippen LogP contribution in [0.3, 0.4) is 0 Å². The van der Waals surface area contributed by atoms with Gasteiger partial charge in [-0.3, -0.25) is 0 Å². The van der Waals surface area contributed by atoms with E-state index in [9.17, 15) is 20.2 Å². The summed E-state index contributed by atoms with van der Waals surface area (Å²) >= 11 is 0. The molecule has 0 unspecified atom stereocenters. The third-order valence-electron chi connectivity index (χ3n) is 4.52. The van der Waals surface area contributed by atoms with Crippen molar-refractivity contribution in [3.05, 3.63) is 88.0 Å². The van der Waals surface area contributed by atoms with Gasteiger partial charge < -0.3 is 0 Å². The Morgan fingerprint density at radius 2 is 1.48 bits per heavy atom. The van der Waals surface area contributed by atoms with Gasteiger partial charge >= 0.3 is 0 Å². The molecule has 0 aliphatic heterocycles. The lowest BCUT2D eigenvalue weighted by molar-refractivity contribution is 0.628. The highest BCUT2D eigenvalue weighted by molar-refractivity contribution is 6.02. The Morgan fingerprint density at radius 1 is 0.862 bits per heavy atom. The van der Waals surface area contributed by atoms with Gasteiger partial charge in [0.1, 0.15) is 18.0 Å². The smallest absolute Gasteiger partial charge is 0.233 e. The van der Waals surface area contributed by atoms with E-state index in [0.29, 0.717) is 16.8 Å². The van der Waals surface area contributed by atoms with E-state index in [2.05, 4.69) is 14.8 Å². The molecule has 0 radical (unpaired) electrons. The minimum atomic E-state index is -0.357. The van der Waals surface area contributed by atoms with Gasteiger partial charge in [0, 0.05) is 11.1 Å². The van der Waals surface area contributed by atoms with Crippen LogP contribution < -0.4 is 0 Å². The first-order valence-corrected chi connectivity index (χ1v) is 8.26. The van der Waals surface area contributed by atoms with Crippen LogP contribution in [0.1, 0.15) is 22.6 Å². The fourth-order valence-electron chi connectivity index (χ4n) is 3.24. The van der Waals surface area contributed by atoms with Gasteiger partial charge in [-0.15, -0.1) is 0 Å². The number of nitrogens with zero attached hydrogens (tertiary/aromatic N) is 6. The Kier molecular flexibility index (Phi) is 4.06. The zero-order valence-electron chi connectivity index (χ0n) is 14.6. The highest BCUT2D eigenvalue weighted by Gasteiger charge is 2.31. The van der Waals surface area contributed by atoms with Crippen LogP contribution in [0.4, 0.5) is 4.39 Å². The van der Waals surface area contributed by atoms with Crippen molar-refractivity contribution in [1.82, 2.24) is 9.97 Å². The molecule has 0 saturated heterocycles. The third kappa shape index (κ3) is 2.68. The van der Waals surface area contributed by atoms with Crippen molar-refractivity contribution in [2.24, 2.45) is 0 Å². The summed E-state index contributed by atoms with van der Waals surface area (Å²) < 4.78 is 13.3. The summed E-state index contributed by atoms with van der Waals surface area (Å²) in [6, 6.07) is 16.8. The predicted molar refractivity (Wildman–Crippen MR) is 101 cm³/mol. The van der Waals surface area contributed by atoms with E-state index >= 15 is 0 Å². The lowest BCUT2D eigenvalue weighted by Gasteiger charge is -2.07. The SMILES string of the molecule is [C-]#[N+]/C(C#N)=C1\c2cc(-c3ccc(F)cc3)ccc2-c2nc(C#N)c(C#N)nc21. The van der Waals surface area contributed by atoms with Crippen molar-refractivity contribution in [1.29, 1.82) is 15.8 Å². The highest BCUT2D eigenvalue weighted by atomic mass is 19.1. The number of allylic oxidation sites excluding steroid dienone is 1. The summed E-state index contributed by atoms with van der Waals surface area (Å²) in [7, 11) is 0. The van der Waals surface area contributed by atoms with Crippen LogP contribution in [0.2, 0.25) is 0 Å². The van der Waals surface area contributed by atoms with E-state index in [1.807, 2.05) is 18.2 Å². The molecule has 0 spiro atoms. The van der Waals surface area contributed by atoms with Crippen molar-refractivity contribution in [2.45, 2.75) is 0 Å². The molecule has 1 aromatic heterocycles. The maximum absolute atomic E-state index is 13.3. The third-order valence-corrected chi connectivity index (χ3v) is 4.52. The number of benzene rings is 2. The van der Waals surface area contributed by atoms with Crippen LogP contribution in [0.15, 0.2) is 48.2 Å². The van der Waals surface area contributed by atoms with Gasteiger partial charge in [-0.2, -0.15) is 10.5 Å². The van der Waals surface area contributed by atoms with E-state index in [4.69, 9.17) is 6.57 Å². The number of aromatic nitrogens is 2. The van der Waals surface area contributed by atoms with Gasteiger partial charge in [-0.1, -0.05) is 24.3 Å².